The van der Waals surface area contributed by atoms with Crippen LogP contribution in [0.4, 0.5) is 5.82 Å². The molecule has 2 heterocycles. The van der Waals surface area contributed by atoms with Crippen LogP contribution in [0, 0.1) is 5.41 Å². The van der Waals surface area contributed by atoms with Gasteiger partial charge in [0.2, 0.25) is 0 Å². The molecule has 1 fully saturated rings. The summed E-state index contributed by atoms with van der Waals surface area (Å²) in [6.07, 6.45) is 4.37. The average molecular weight is 262 g/mol. The van der Waals surface area contributed by atoms with Gasteiger partial charge in [-0.25, -0.2) is 4.98 Å². The van der Waals surface area contributed by atoms with Crippen molar-refractivity contribution in [1.29, 1.82) is 0 Å². The molecule has 106 valence electrons. The lowest BCUT2D eigenvalue weighted by molar-refractivity contribution is 0.0381. The van der Waals surface area contributed by atoms with Gasteiger partial charge in [-0.2, -0.15) is 0 Å². The molecule has 0 N–H and O–H groups in total. The Morgan fingerprint density at radius 2 is 2.21 bits per heavy atom. The molecular weight excluding hydrogens is 236 g/mol. The van der Waals surface area contributed by atoms with Crippen molar-refractivity contribution in [2.75, 3.05) is 24.6 Å². The first-order valence-electron chi connectivity index (χ1n) is 7.30. The van der Waals surface area contributed by atoms with Gasteiger partial charge >= 0.3 is 0 Å². The van der Waals surface area contributed by atoms with Crippen LogP contribution in [0.15, 0.2) is 18.3 Å². The van der Waals surface area contributed by atoms with E-state index < -0.39 is 0 Å². The van der Waals surface area contributed by atoms with Gasteiger partial charge in [0.05, 0.1) is 12.7 Å². The van der Waals surface area contributed by atoms with Crippen molar-refractivity contribution in [3.63, 3.8) is 0 Å². The molecule has 0 spiro atoms. The minimum Gasteiger partial charge on any atom is -0.375 e. The van der Waals surface area contributed by atoms with E-state index in [1.165, 1.54) is 5.56 Å². The number of nitrogens with zero attached hydrogens (tertiary/aromatic N) is 2. The second kappa shape index (κ2) is 5.91. The van der Waals surface area contributed by atoms with E-state index in [2.05, 4.69) is 43.6 Å². The van der Waals surface area contributed by atoms with Crippen LogP contribution in [0.3, 0.4) is 0 Å². The number of hydrogen-bond acceptors (Lipinski definition) is 3. The lowest BCUT2D eigenvalue weighted by atomic mass is 9.88. The summed E-state index contributed by atoms with van der Waals surface area (Å²) in [4.78, 5) is 7.01. The van der Waals surface area contributed by atoms with Crippen LogP contribution in [0.25, 0.3) is 0 Å². The minimum absolute atomic E-state index is 0.286. The van der Waals surface area contributed by atoms with Gasteiger partial charge in [0.25, 0.3) is 0 Å². The van der Waals surface area contributed by atoms with Crippen molar-refractivity contribution in [3.8, 4) is 0 Å². The zero-order valence-electron chi connectivity index (χ0n) is 12.6. The molecule has 3 heteroatoms. The first-order valence-corrected chi connectivity index (χ1v) is 7.30. The Balaban J connectivity index is 2.19. The molecule has 0 aromatic carbocycles. The Morgan fingerprint density at radius 3 is 2.89 bits per heavy atom. The third-order valence-electron chi connectivity index (χ3n) is 3.48. The monoisotopic (exact) mass is 262 g/mol. The molecule has 0 saturated carbocycles. The molecule has 0 bridgehead atoms. The van der Waals surface area contributed by atoms with Gasteiger partial charge in [-0.15, -0.1) is 0 Å². The Bertz CT molecular complexity index is 411. The van der Waals surface area contributed by atoms with Gasteiger partial charge in [-0.3, -0.25) is 0 Å². The Labute approximate surface area is 117 Å². The van der Waals surface area contributed by atoms with Crippen LogP contribution >= 0.6 is 0 Å². The predicted octanol–water partition coefficient (Wildman–Crippen LogP) is 3.29. The molecule has 0 radical (unpaired) electrons. The molecule has 1 atom stereocenters. The smallest absolute Gasteiger partial charge is 0.131 e. The maximum absolute atomic E-state index is 5.75. The lowest BCUT2D eigenvalue weighted by Gasteiger charge is -2.35. The van der Waals surface area contributed by atoms with Crippen LogP contribution in [0.2, 0.25) is 0 Å². The molecule has 1 aromatic rings. The Hall–Kier alpha value is -1.09. The highest BCUT2D eigenvalue weighted by atomic mass is 16.5. The summed E-state index contributed by atoms with van der Waals surface area (Å²) in [6, 6.07) is 4.26. The highest BCUT2D eigenvalue weighted by molar-refractivity contribution is 5.47. The number of rotatable bonds is 3. The predicted molar refractivity (Wildman–Crippen MR) is 79.6 cm³/mol. The topological polar surface area (TPSA) is 25.4 Å². The maximum atomic E-state index is 5.75. The molecular formula is C16H26N2O. The summed E-state index contributed by atoms with van der Waals surface area (Å²) >= 11 is 0. The largest absolute Gasteiger partial charge is 0.375 e. The molecule has 1 aliphatic rings. The molecule has 2 rings (SSSR count). The zero-order chi connectivity index (χ0) is 13.9. The summed E-state index contributed by atoms with van der Waals surface area (Å²) in [6.45, 7) is 11.7. The average Bonchev–Trinajstić information content (AvgIpc) is 2.37. The third kappa shape index (κ3) is 3.93. The summed E-state index contributed by atoms with van der Waals surface area (Å²) in [5.41, 5.74) is 1.64. The van der Waals surface area contributed by atoms with E-state index in [9.17, 15) is 0 Å². The first-order chi connectivity index (χ1) is 8.99. The van der Waals surface area contributed by atoms with Gasteiger partial charge in [-0.1, -0.05) is 33.8 Å². The van der Waals surface area contributed by atoms with Gasteiger partial charge < -0.3 is 9.64 Å². The summed E-state index contributed by atoms with van der Waals surface area (Å²) in [5.74, 6) is 1.15. The molecule has 1 aromatic heterocycles. The summed E-state index contributed by atoms with van der Waals surface area (Å²) in [5, 5.41) is 0. The fourth-order valence-electron chi connectivity index (χ4n) is 2.58. The normalized spacial score (nSPS) is 20.6. The van der Waals surface area contributed by atoms with Crippen LogP contribution in [-0.2, 0) is 11.2 Å². The van der Waals surface area contributed by atoms with Crippen molar-refractivity contribution in [3.05, 3.63) is 23.9 Å². The van der Waals surface area contributed by atoms with Crippen molar-refractivity contribution in [2.45, 2.75) is 46.6 Å². The van der Waals surface area contributed by atoms with Crippen molar-refractivity contribution in [2.24, 2.45) is 5.41 Å². The quantitative estimate of drug-likeness (QED) is 0.836. The highest BCUT2D eigenvalue weighted by Crippen LogP contribution is 2.27. The number of pyridine rings is 1. The Morgan fingerprint density at radius 1 is 1.42 bits per heavy atom. The zero-order valence-corrected chi connectivity index (χ0v) is 12.6. The maximum Gasteiger partial charge on any atom is 0.131 e. The third-order valence-corrected chi connectivity index (χ3v) is 3.48. The molecule has 1 aliphatic heterocycles. The van der Waals surface area contributed by atoms with E-state index in [4.69, 9.17) is 4.74 Å². The number of aromatic nitrogens is 1. The number of anilines is 1. The molecule has 0 aliphatic carbocycles. The van der Waals surface area contributed by atoms with Gasteiger partial charge in [0.15, 0.2) is 0 Å². The fraction of sp³-hybridized carbons (Fsp3) is 0.688. The van der Waals surface area contributed by atoms with E-state index in [1.54, 1.807) is 0 Å². The number of morpholine rings is 1. The minimum atomic E-state index is 0.286. The summed E-state index contributed by atoms with van der Waals surface area (Å²) < 4.78 is 5.75. The molecule has 3 nitrogen and oxygen atoms in total. The van der Waals surface area contributed by atoms with Crippen molar-refractivity contribution in [1.82, 2.24) is 4.98 Å². The summed E-state index contributed by atoms with van der Waals surface area (Å²) in [7, 11) is 0. The number of ether oxygens (including phenoxy) is 1. The molecule has 1 unspecified atom stereocenters. The number of hydrogen-bond donors (Lipinski definition) is 0. The first kappa shape index (κ1) is 14.3. The van der Waals surface area contributed by atoms with Crippen LogP contribution < -0.4 is 4.90 Å². The van der Waals surface area contributed by atoms with Crippen molar-refractivity contribution < 1.29 is 4.74 Å². The van der Waals surface area contributed by atoms with Crippen molar-refractivity contribution >= 4 is 5.82 Å². The van der Waals surface area contributed by atoms with E-state index >= 15 is 0 Å². The fourth-order valence-corrected chi connectivity index (χ4v) is 2.58. The van der Waals surface area contributed by atoms with Gasteiger partial charge in [0, 0.05) is 19.3 Å². The van der Waals surface area contributed by atoms with E-state index in [0.29, 0.717) is 6.10 Å². The molecule has 0 amide bonds. The van der Waals surface area contributed by atoms with E-state index in [1.807, 2.05) is 12.3 Å². The molecule has 19 heavy (non-hydrogen) atoms. The van der Waals surface area contributed by atoms with Crippen LogP contribution in [-0.4, -0.2) is 30.8 Å². The second-order valence-electron chi connectivity index (χ2n) is 6.57. The Kier molecular flexibility index (Phi) is 4.46. The SMILES string of the molecule is CCC1CN(c2ncccc2CC(C)(C)C)CCO1. The van der Waals surface area contributed by atoms with E-state index in [-0.39, 0.29) is 5.41 Å². The lowest BCUT2D eigenvalue weighted by Crippen LogP contribution is -2.43. The standard InChI is InChI=1S/C16H26N2O/c1-5-14-12-18(9-10-19-14)15-13(7-6-8-17-15)11-16(2,3)4/h6-8,14H,5,9-12H2,1-4H3. The highest BCUT2D eigenvalue weighted by Gasteiger charge is 2.23. The van der Waals surface area contributed by atoms with Gasteiger partial charge in [0.1, 0.15) is 5.82 Å². The van der Waals surface area contributed by atoms with Gasteiger partial charge in [-0.05, 0) is 29.9 Å². The second-order valence-corrected chi connectivity index (χ2v) is 6.57. The molecule has 1 saturated heterocycles. The van der Waals surface area contributed by atoms with Crippen LogP contribution in [0.1, 0.15) is 39.7 Å². The van der Waals surface area contributed by atoms with E-state index in [0.717, 1.165) is 38.4 Å². The van der Waals surface area contributed by atoms with Crippen LogP contribution in [0.5, 0.6) is 0 Å².